The van der Waals surface area contributed by atoms with Crippen LogP contribution in [0, 0.1) is 11.6 Å². The van der Waals surface area contributed by atoms with Gasteiger partial charge >= 0.3 is 0 Å². The molecule has 0 radical (unpaired) electrons. The molecule has 2 rings (SSSR count). The molecule has 1 atom stereocenters. The summed E-state index contributed by atoms with van der Waals surface area (Å²) >= 11 is 0. The number of carbonyl (C=O) groups is 2. The topological polar surface area (TPSA) is 40.6 Å². The van der Waals surface area contributed by atoms with Crippen LogP contribution in [-0.2, 0) is 4.79 Å². The van der Waals surface area contributed by atoms with E-state index in [0.717, 1.165) is 25.0 Å². The third-order valence-electron chi connectivity index (χ3n) is 3.98. The van der Waals surface area contributed by atoms with E-state index in [1.54, 1.807) is 11.9 Å². The summed E-state index contributed by atoms with van der Waals surface area (Å²) in [6, 6.07) is 2.67. The molecule has 1 aliphatic rings. The number of hydrogen-bond donors (Lipinski definition) is 0. The first-order valence-corrected chi connectivity index (χ1v) is 7.47. The second kappa shape index (κ2) is 6.85. The lowest BCUT2D eigenvalue weighted by molar-refractivity contribution is -0.138. The van der Waals surface area contributed by atoms with Gasteiger partial charge in [-0.05, 0) is 18.6 Å². The summed E-state index contributed by atoms with van der Waals surface area (Å²) in [5.41, 5.74) is -0.582. The van der Waals surface area contributed by atoms with Crippen molar-refractivity contribution >= 4 is 11.8 Å². The molecule has 1 aromatic rings. The number of rotatable bonds is 4. The van der Waals surface area contributed by atoms with Crippen LogP contribution in [0.5, 0.6) is 0 Å². The molecule has 0 saturated carbocycles. The van der Waals surface area contributed by atoms with E-state index >= 15 is 0 Å². The molecule has 22 heavy (non-hydrogen) atoms. The number of unbranched alkanes of at least 4 members (excludes halogenated alkanes) is 1. The van der Waals surface area contributed by atoms with Gasteiger partial charge < -0.3 is 9.80 Å². The van der Waals surface area contributed by atoms with Crippen molar-refractivity contribution < 1.29 is 18.4 Å². The van der Waals surface area contributed by atoms with Crippen molar-refractivity contribution in [1.82, 2.24) is 9.80 Å². The van der Waals surface area contributed by atoms with Crippen molar-refractivity contribution in [2.24, 2.45) is 0 Å². The maximum absolute atomic E-state index is 13.8. The third-order valence-corrected chi connectivity index (χ3v) is 3.98. The van der Waals surface area contributed by atoms with Gasteiger partial charge in [-0.2, -0.15) is 0 Å². The van der Waals surface area contributed by atoms with Crippen LogP contribution in [0.2, 0.25) is 0 Å². The van der Waals surface area contributed by atoms with Crippen molar-refractivity contribution in [3.8, 4) is 0 Å². The zero-order valence-electron chi connectivity index (χ0n) is 12.8. The highest BCUT2D eigenvalue weighted by Crippen LogP contribution is 2.21. The van der Waals surface area contributed by atoms with Crippen molar-refractivity contribution in [3.63, 3.8) is 0 Å². The maximum Gasteiger partial charge on any atom is 0.260 e. The van der Waals surface area contributed by atoms with Crippen LogP contribution < -0.4 is 0 Å². The van der Waals surface area contributed by atoms with E-state index in [1.807, 2.05) is 6.92 Å². The van der Waals surface area contributed by atoms with Gasteiger partial charge in [0.05, 0.1) is 0 Å². The smallest absolute Gasteiger partial charge is 0.260 e. The van der Waals surface area contributed by atoms with Crippen LogP contribution in [0.3, 0.4) is 0 Å². The fourth-order valence-corrected chi connectivity index (χ4v) is 2.68. The maximum atomic E-state index is 13.8. The van der Waals surface area contributed by atoms with Crippen molar-refractivity contribution in [1.29, 1.82) is 0 Å². The lowest BCUT2D eigenvalue weighted by Gasteiger charge is -2.39. The minimum absolute atomic E-state index is 0.176. The lowest BCUT2D eigenvalue weighted by Crippen LogP contribution is -2.57. The summed E-state index contributed by atoms with van der Waals surface area (Å²) in [6.45, 7) is 2.63. The number of halogens is 2. The molecule has 0 unspecified atom stereocenters. The molecule has 6 heteroatoms. The minimum atomic E-state index is -0.898. The number of likely N-dealkylation sites (N-methyl/N-ethyl adjacent to an activating group) is 1. The Morgan fingerprint density at radius 1 is 1.27 bits per heavy atom. The van der Waals surface area contributed by atoms with Crippen LogP contribution in [0.1, 0.15) is 36.5 Å². The fraction of sp³-hybridized carbons (Fsp3) is 0.500. The van der Waals surface area contributed by atoms with E-state index in [4.69, 9.17) is 0 Å². The van der Waals surface area contributed by atoms with Gasteiger partial charge in [0, 0.05) is 20.1 Å². The Labute approximate surface area is 128 Å². The predicted octanol–water partition coefficient (Wildman–Crippen LogP) is 2.44. The number of benzene rings is 1. The largest absolute Gasteiger partial charge is 0.342 e. The molecule has 1 aromatic carbocycles. The number of piperazine rings is 1. The second-order valence-corrected chi connectivity index (χ2v) is 5.51. The molecule has 1 heterocycles. The highest BCUT2D eigenvalue weighted by atomic mass is 19.1. The Morgan fingerprint density at radius 3 is 2.50 bits per heavy atom. The zero-order valence-corrected chi connectivity index (χ0v) is 12.8. The Morgan fingerprint density at radius 2 is 1.91 bits per heavy atom. The monoisotopic (exact) mass is 310 g/mol. The van der Waals surface area contributed by atoms with Gasteiger partial charge in [0.15, 0.2) is 0 Å². The molecule has 1 saturated heterocycles. The standard InChI is InChI=1S/C16H20F2N2O2/c1-3-4-8-13-15(21)19(2)9-10-20(13)16(22)14-11(17)6-5-7-12(14)18/h5-7,13H,3-4,8-10H2,1-2H3/t13-/m0/s1. The molecular formula is C16H20F2N2O2. The summed E-state index contributed by atoms with van der Waals surface area (Å²) < 4.78 is 27.7. The highest BCUT2D eigenvalue weighted by Gasteiger charge is 2.37. The SMILES string of the molecule is CCCC[C@H]1C(=O)N(C)CCN1C(=O)c1c(F)cccc1F. The van der Waals surface area contributed by atoms with Crippen molar-refractivity contribution in [3.05, 3.63) is 35.4 Å². The Kier molecular flexibility index (Phi) is 5.11. The molecule has 2 amide bonds. The average molecular weight is 310 g/mol. The van der Waals surface area contributed by atoms with Gasteiger partial charge in [0.1, 0.15) is 23.2 Å². The highest BCUT2D eigenvalue weighted by molar-refractivity contribution is 5.98. The van der Waals surface area contributed by atoms with E-state index in [1.165, 1.54) is 11.0 Å². The van der Waals surface area contributed by atoms with E-state index < -0.39 is 29.1 Å². The summed E-state index contributed by atoms with van der Waals surface area (Å²) in [5, 5.41) is 0. The van der Waals surface area contributed by atoms with E-state index in [9.17, 15) is 18.4 Å². The van der Waals surface area contributed by atoms with Gasteiger partial charge in [-0.25, -0.2) is 8.78 Å². The van der Waals surface area contributed by atoms with Crippen LogP contribution in [0.15, 0.2) is 18.2 Å². The molecule has 1 aliphatic heterocycles. The summed E-state index contributed by atoms with van der Waals surface area (Å²) in [5.74, 6) is -2.72. The summed E-state index contributed by atoms with van der Waals surface area (Å²) in [7, 11) is 1.67. The minimum Gasteiger partial charge on any atom is -0.342 e. The first-order chi connectivity index (χ1) is 10.5. The zero-order chi connectivity index (χ0) is 16.3. The quantitative estimate of drug-likeness (QED) is 0.857. The summed E-state index contributed by atoms with van der Waals surface area (Å²) in [4.78, 5) is 27.7. The average Bonchev–Trinajstić information content (AvgIpc) is 2.48. The Balaban J connectivity index is 2.31. The normalized spacial score (nSPS) is 18.7. The second-order valence-electron chi connectivity index (χ2n) is 5.51. The number of amides is 2. The Hall–Kier alpha value is -1.98. The molecule has 0 aromatic heterocycles. The van der Waals surface area contributed by atoms with Crippen molar-refractivity contribution in [2.45, 2.75) is 32.2 Å². The molecule has 0 spiro atoms. The molecular weight excluding hydrogens is 290 g/mol. The number of nitrogens with zero attached hydrogens (tertiary/aromatic N) is 2. The van der Waals surface area contributed by atoms with Gasteiger partial charge in [-0.1, -0.05) is 25.8 Å². The lowest BCUT2D eigenvalue weighted by atomic mass is 10.0. The number of carbonyl (C=O) groups excluding carboxylic acids is 2. The van der Waals surface area contributed by atoms with Crippen molar-refractivity contribution in [2.75, 3.05) is 20.1 Å². The van der Waals surface area contributed by atoms with Gasteiger partial charge in [-0.3, -0.25) is 9.59 Å². The van der Waals surface area contributed by atoms with Crippen LogP contribution in [-0.4, -0.2) is 47.8 Å². The fourth-order valence-electron chi connectivity index (χ4n) is 2.68. The first-order valence-electron chi connectivity index (χ1n) is 7.47. The summed E-state index contributed by atoms with van der Waals surface area (Å²) in [6.07, 6.45) is 2.15. The molecule has 4 nitrogen and oxygen atoms in total. The van der Waals surface area contributed by atoms with Crippen LogP contribution in [0.4, 0.5) is 8.78 Å². The molecule has 0 N–H and O–H groups in total. The van der Waals surface area contributed by atoms with Crippen LogP contribution >= 0.6 is 0 Å². The number of hydrogen-bond acceptors (Lipinski definition) is 2. The van der Waals surface area contributed by atoms with Gasteiger partial charge in [0.25, 0.3) is 5.91 Å². The van der Waals surface area contributed by atoms with E-state index in [0.29, 0.717) is 13.0 Å². The van der Waals surface area contributed by atoms with Gasteiger partial charge in [0.2, 0.25) is 5.91 Å². The predicted molar refractivity (Wildman–Crippen MR) is 78.3 cm³/mol. The molecule has 1 fully saturated rings. The molecule has 0 aliphatic carbocycles. The third kappa shape index (κ3) is 3.10. The molecule has 0 bridgehead atoms. The van der Waals surface area contributed by atoms with Gasteiger partial charge in [-0.15, -0.1) is 0 Å². The molecule has 120 valence electrons. The van der Waals surface area contributed by atoms with E-state index in [2.05, 4.69) is 0 Å². The Bertz CT molecular complexity index is 557. The first kappa shape index (κ1) is 16.4. The van der Waals surface area contributed by atoms with Crippen LogP contribution in [0.25, 0.3) is 0 Å². The van der Waals surface area contributed by atoms with E-state index in [-0.39, 0.29) is 12.5 Å².